The van der Waals surface area contributed by atoms with E-state index in [0.717, 1.165) is 42.5 Å². The third-order valence-corrected chi connectivity index (χ3v) is 6.69. The van der Waals surface area contributed by atoms with Crippen LogP contribution in [-0.4, -0.2) is 30.5 Å². The van der Waals surface area contributed by atoms with Crippen LogP contribution in [0.15, 0.2) is 42.5 Å². The Morgan fingerprint density at radius 2 is 2.14 bits per heavy atom. The van der Waals surface area contributed by atoms with Crippen molar-refractivity contribution in [3.8, 4) is 0 Å². The predicted molar refractivity (Wildman–Crippen MR) is 110 cm³/mol. The molecule has 1 saturated heterocycles. The van der Waals surface area contributed by atoms with E-state index in [1.54, 1.807) is 18.3 Å². The van der Waals surface area contributed by atoms with Crippen molar-refractivity contribution >= 4 is 27.5 Å². The van der Waals surface area contributed by atoms with Crippen molar-refractivity contribution in [2.45, 2.75) is 31.7 Å². The summed E-state index contributed by atoms with van der Waals surface area (Å²) >= 11 is 1.74. The Bertz CT molecular complexity index is 989. The van der Waals surface area contributed by atoms with Gasteiger partial charge in [-0.3, -0.25) is 4.79 Å². The molecule has 0 saturated carbocycles. The number of quaternary nitrogens is 1. The maximum Gasteiger partial charge on any atom is 0.275 e. The van der Waals surface area contributed by atoms with Crippen LogP contribution in [0.1, 0.15) is 42.3 Å². The van der Waals surface area contributed by atoms with Crippen molar-refractivity contribution in [2.24, 2.45) is 0 Å². The van der Waals surface area contributed by atoms with Crippen molar-refractivity contribution in [3.63, 3.8) is 0 Å². The van der Waals surface area contributed by atoms with Gasteiger partial charge in [0.1, 0.15) is 16.6 Å². The number of hydrogen-bond donors (Lipinski definition) is 2. The normalized spacial score (nSPS) is 20.5. The number of benzene rings is 2. The number of likely N-dealkylation sites (tertiary alicyclic amines) is 1. The van der Waals surface area contributed by atoms with E-state index in [-0.39, 0.29) is 5.91 Å². The second-order valence-corrected chi connectivity index (χ2v) is 8.76. The molecule has 3 atom stereocenters. The topological polar surface area (TPSA) is 46.4 Å². The highest BCUT2D eigenvalue weighted by Crippen LogP contribution is 2.30. The second kappa shape index (κ2) is 8.55. The monoisotopic (exact) mass is 416 g/mol. The van der Waals surface area contributed by atoms with Gasteiger partial charge in [-0.15, -0.1) is 11.3 Å². The summed E-state index contributed by atoms with van der Waals surface area (Å²) in [6.45, 7) is 3.86. The Balaban J connectivity index is 1.36. The van der Waals surface area contributed by atoms with Crippen LogP contribution in [-0.2, 0) is 4.79 Å². The summed E-state index contributed by atoms with van der Waals surface area (Å²) in [4.78, 5) is 18.5. The number of para-hydroxylation sites is 1. The van der Waals surface area contributed by atoms with Gasteiger partial charge in [-0.05, 0) is 38.0 Å². The van der Waals surface area contributed by atoms with Gasteiger partial charge in [0, 0.05) is 11.6 Å². The molecule has 1 aliphatic heterocycles. The molecule has 0 bridgehead atoms. The van der Waals surface area contributed by atoms with Crippen LogP contribution in [0, 0.1) is 11.6 Å². The molecule has 2 N–H and O–H groups in total. The number of nitrogens with one attached hydrogen (secondary N) is 2. The Labute approximate surface area is 172 Å². The van der Waals surface area contributed by atoms with E-state index < -0.39 is 17.7 Å². The van der Waals surface area contributed by atoms with Gasteiger partial charge >= 0.3 is 0 Å². The minimum atomic E-state index is -0.640. The number of amides is 1. The number of hydrogen-bond acceptors (Lipinski definition) is 3. The van der Waals surface area contributed by atoms with Gasteiger partial charge in [-0.2, -0.15) is 0 Å². The fourth-order valence-electron chi connectivity index (χ4n) is 4.04. The molecule has 2 aromatic carbocycles. The standard InChI is InChI=1S/C22H23F2N3OS/c1-14(17-9-8-16(23)11-18(17)24)25-21(28)13-27-10-4-5-15(12-27)22-26-19-6-2-3-7-20(19)29-22/h2-3,6-9,11,14-15H,4-5,10,12-13H2,1H3,(H,25,28)/p+1/t14-,15+/m1/s1. The Hall–Kier alpha value is -2.38. The molecule has 4 rings (SSSR count). The zero-order chi connectivity index (χ0) is 20.4. The highest BCUT2D eigenvalue weighted by molar-refractivity contribution is 7.18. The molecule has 1 aromatic heterocycles. The first-order chi connectivity index (χ1) is 14.0. The zero-order valence-electron chi connectivity index (χ0n) is 16.3. The Morgan fingerprint density at radius 3 is 2.93 bits per heavy atom. The smallest absolute Gasteiger partial charge is 0.275 e. The van der Waals surface area contributed by atoms with Gasteiger partial charge in [0.25, 0.3) is 5.91 Å². The first kappa shape index (κ1) is 19.9. The number of aromatic nitrogens is 1. The molecule has 3 aromatic rings. The molecular formula is C22H24F2N3OS+. The number of nitrogens with zero attached hydrogens (tertiary/aromatic N) is 1. The summed E-state index contributed by atoms with van der Waals surface area (Å²) in [6.07, 6.45) is 2.13. The fourth-order valence-corrected chi connectivity index (χ4v) is 5.14. The molecule has 1 aliphatic rings. The highest BCUT2D eigenvalue weighted by atomic mass is 32.1. The minimum absolute atomic E-state index is 0.124. The van der Waals surface area contributed by atoms with Crippen LogP contribution >= 0.6 is 11.3 Å². The lowest BCUT2D eigenvalue weighted by Gasteiger charge is -2.28. The molecule has 2 heterocycles. The fraction of sp³-hybridized carbons (Fsp3) is 0.364. The summed E-state index contributed by atoms with van der Waals surface area (Å²) in [5.74, 6) is -1.03. The summed E-state index contributed by atoms with van der Waals surface area (Å²) < 4.78 is 28.2. The van der Waals surface area contributed by atoms with Crippen LogP contribution in [0.25, 0.3) is 10.2 Å². The maximum absolute atomic E-state index is 13.9. The average Bonchev–Trinajstić information content (AvgIpc) is 3.12. The molecule has 1 unspecified atom stereocenters. The lowest BCUT2D eigenvalue weighted by atomic mass is 9.98. The van der Waals surface area contributed by atoms with E-state index in [1.165, 1.54) is 21.7 Å². The summed E-state index contributed by atoms with van der Waals surface area (Å²) in [7, 11) is 0. The van der Waals surface area contributed by atoms with Crippen LogP contribution < -0.4 is 10.2 Å². The maximum atomic E-state index is 13.9. The van der Waals surface area contributed by atoms with Gasteiger partial charge in [0.05, 0.1) is 35.3 Å². The summed E-state index contributed by atoms with van der Waals surface area (Å²) in [5.41, 5.74) is 1.33. The van der Waals surface area contributed by atoms with E-state index in [4.69, 9.17) is 4.98 Å². The van der Waals surface area contributed by atoms with Gasteiger partial charge in [-0.1, -0.05) is 18.2 Å². The van der Waals surface area contributed by atoms with E-state index in [2.05, 4.69) is 11.4 Å². The van der Waals surface area contributed by atoms with E-state index >= 15 is 0 Å². The first-order valence-corrected chi connectivity index (χ1v) is 10.7. The van der Waals surface area contributed by atoms with Crippen molar-refractivity contribution in [1.29, 1.82) is 0 Å². The number of halogens is 2. The van der Waals surface area contributed by atoms with Crippen molar-refractivity contribution in [3.05, 3.63) is 64.7 Å². The van der Waals surface area contributed by atoms with Crippen molar-refractivity contribution in [2.75, 3.05) is 19.6 Å². The minimum Gasteiger partial charge on any atom is -0.345 e. The average molecular weight is 417 g/mol. The molecule has 0 spiro atoms. The zero-order valence-corrected chi connectivity index (χ0v) is 17.1. The molecule has 4 nitrogen and oxygen atoms in total. The van der Waals surface area contributed by atoms with Gasteiger partial charge in [0.2, 0.25) is 0 Å². The van der Waals surface area contributed by atoms with Crippen molar-refractivity contribution < 1.29 is 18.5 Å². The Morgan fingerprint density at radius 1 is 1.31 bits per heavy atom. The SMILES string of the molecule is C[C@@H](NC(=O)C[NH+]1CCC[C@H](c2nc3ccccc3s2)C1)c1ccc(F)cc1F. The quantitative estimate of drug-likeness (QED) is 0.671. The van der Waals surface area contributed by atoms with Gasteiger partial charge < -0.3 is 10.2 Å². The molecule has 1 amide bonds. The lowest BCUT2D eigenvalue weighted by molar-refractivity contribution is -0.898. The largest absolute Gasteiger partial charge is 0.345 e. The lowest BCUT2D eigenvalue weighted by Crippen LogP contribution is -3.14. The summed E-state index contributed by atoms with van der Waals surface area (Å²) in [6, 6.07) is 11.1. The van der Waals surface area contributed by atoms with Crippen LogP contribution in [0.5, 0.6) is 0 Å². The number of carbonyl (C=O) groups excluding carboxylic acids is 1. The van der Waals surface area contributed by atoms with Crippen LogP contribution in [0.3, 0.4) is 0 Å². The Kier molecular flexibility index (Phi) is 5.87. The molecular weight excluding hydrogens is 392 g/mol. The van der Waals surface area contributed by atoms with E-state index in [1.807, 2.05) is 18.2 Å². The van der Waals surface area contributed by atoms with Crippen molar-refractivity contribution in [1.82, 2.24) is 10.3 Å². The third-order valence-electron chi connectivity index (χ3n) is 5.49. The van der Waals surface area contributed by atoms with Gasteiger partial charge in [0.15, 0.2) is 6.54 Å². The number of rotatable bonds is 5. The predicted octanol–water partition coefficient (Wildman–Crippen LogP) is 3.21. The van der Waals surface area contributed by atoms with E-state index in [9.17, 15) is 13.6 Å². The molecule has 152 valence electrons. The third kappa shape index (κ3) is 4.62. The highest BCUT2D eigenvalue weighted by Gasteiger charge is 2.28. The molecule has 0 aliphatic carbocycles. The number of thiazole rings is 1. The van der Waals surface area contributed by atoms with E-state index in [0.29, 0.717) is 18.0 Å². The van der Waals surface area contributed by atoms with Crippen LogP contribution in [0.2, 0.25) is 0 Å². The second-order valence-electron chi connectivity index (χ2n) is 7.69. The number of carbonyl (C=O) groups is 1. The summed E-state index contributed by atoms with van der Waals surface area (Å²) in [5, 5.41) is 3.99. The number of piperidine rings is 1. The number of fused-ring (bicyclic) bond motifs is 1. The molecule has 7 heteroatoms. The first-order valence-electron chi connectivity index (χ1n) is 9.93. The molecule has 1 fully saturated rings. The molecule has 29 heavy (non-hydrogen) atoms. The van der Waals surface area contributed by atoms with Gasteiger partial charge in [-0.25, -0.2) is 13.8 Å². The van der Waals surface area contributed by atoms with Crippen LogP contribution in [0.4, 0.5) is 8.78 Å². The molecule has 0 radical (unpaired) electrons.